The van der Waals surface area contributed by atoms with Gasteiger partial charge < -0.3 is 10.2 Å². The molecule has 0 bridgehead atoms. The standard InChI is InChI=1S/C19H25N3O3S/c1-21(2)14-16-7-5-15(6-8-16)13-20-19(23)17-9-11-18(12-10-17)26(24,25)22(3)4/h5-12H,13-14H2,1-4H3,(H,20,23). The van der Waals surface area contributed by atoms with Crippen LogP contribution in [0.5, 0.6) is 0 Å². The van der Waals surface area contributed by atoms with Crippen LogP contribution in [0.1, 0.15) is 21.5 Å². The number of hydrogen-bond acceptors (Lipinski definition) is 4. The Balaban J connectivity index is 1.98. The van der Waals surface area contributed by atoms with Gasteiger partial charge in [0.25, 0.3) is 5.91 Å². The monoisotopic (exact) mass is 375 g/mol. The average Bonchev–Trinajstić information content (AvgIpc) is 2.60. The summed E-state index contributed by atoms with van der Waals surface area (Å²) < 4.78 is 25.2. The summed E-state index contributed by atoms with van der Waals surface area (Å²) in [6.45, 7) is 1.29. The van der Waals surface area contributed by atoms with Crippen molar-refractivity contribution in [3.63, 3.8) is 0 Å². The molecular weight excluding hydrogens is 350 g/mol. The van der Waals surface area contributed by atoms with Gasteiger partial charge in [-0.1, -0.05) is 24.3 Å². The SMILES string of the molecule is CN(C)Cc1ccc(CNC(=O)c2ccc(S(=O)(=O)N(C)C)cc2)cc1. The number of nitrogens with zero attached hydrogens (tertiary/aromatic N) is 2. The number of amides is 1. The van der Waals surface area contributed by atoms with Gasteiger partial charge in [0, 0.05) is 32.7 Å². The van der Waals surface area contributed by atoms with Crippen molar-refractivity contribution in [2.45, 2.75) is 18.0 Å². The van der Waals surface area contributed by atoms with Crippen molar-refractivity contribution < 1.29 is 13.2 Å². The zero-order valence-corrected chi connectivity index (χ0v) is 16.4. The predicted octanol–water partition coefficient (Wildman–Crippen LogP) is 1.93. The quantitative estimate of drug-likeness (QED) is 0.803. The molecule has 0 radical (unpaired) electrons. The minimum Gasteiger partial charge on any atom is -0.348 e. The normalized spacial score (nSPS) is 11.8. The van der Waals surface area contributed by atoms with Gasteiger partial charge in [-0.15, -0.1) is 0 Å². The Morgan fingerprint density at radius 3 is 1.92 bits per heavy atom. The highest BCUT2D eigenvalue weighted by Gasteiger charge is 2.17. The zero-order valence-electron chi connectivity index (χ0n) is 15.6. The first-order chi connectivity index (χ1) is 12.2. The van der Waals surface area contributed by atoms with Crippen molar-refractivity contribution >= 4 is 15.9 Å². The van der Waals surface area contributed by atoms with Crippen LogP contribution in [0.3, 0.4) is 0 Å². The number of nitrogens with one attached hydrogen (secondary N) is 1. The van der Waals surface area contributed by atoms with Crippen LogP contribution in [0, 0.1) is 0 Å². The van der Waals surface area contributed by atoms with Gasteiger partial charge in [-0.25, -0.2) is 12.7 Å². The summed E-state index contributed by atoms with van der Waals surface area (Å²) in [4.78, 5) is 14.5. The summed E-state index contributed by atoms with van der Waals surface area (Å²) in [5, 5.41) is 2.85. The van der Waals surface area contributed by atoms with E-state index in [9.17, 15) is 13.2 Å². The van der Waals surface area contributed by atoms with Crippen LogP contribution in [0.15, 0.2) is 53.4 Å². The molecule has 26 heavy (non-hydrogen) atoms. The second-order valence-corrected chi connectivity index (χ2v) is 8.70. The molecule has 0 atom stereocenters. The van der Waals surface area contributed by atoms with E-state index in [4.69, 9.17) is 0 Å². The van der Waals surface area contributed by atoms with Crippen molar-refractivity contribution in [1.82, 2.24) is 14.5 Å². The van der Waals surface area contributed by atoms with Crippen LogP contribution in [-0.4, -0.2) is 51.7 Å². The van der Waals surface area contributed by atoms with Gasteiger partial charge in [0.15, 0.2) is 0 Å². The maximum absolute atomic E-state index is 12.2. The highest BCUT2D eigenvalue weighted by molar-refractivity contribution is 7.89. The molecule has 0 aliphatic carbocycles. The van der Waals surface area contributed by atoms with Gasteiger partial charge in [-0.2, -0.15) is 0 Å². The second kappa shape index (κ2) is 8.44. The fraction of sp³-hybridized carbons (Fsp3) is 0.316. The second-order valence-electron chi connectivity index (χ2n) is 6.55. The van der Waals surface area contributed by atoms with Gasteiger partial charge in [-0.05, 0) is 49.5 Å². The number of hydrogen-bond donors (Lipinski definition) is 1. The molecule has 0 unspecified atom stereocenters. The van der Waals surface area contributed by atoms with E-state index in [1.165, 1.54) is 43.9 Å². The van der Waals surface area contributed by atoms with Gasteiger partial charge in [0.2, 0.25) is 10.0 Å². The summed E-state index contributed by atoms with van der Waals surface area (Å²) >= 11 is 0. The molecule has 0 aromatic heterocycles. The summed E-state index contributed by atoms with van der Waals surface area (Å²) in [7, 11) is 3.49. The van der Waals surface area contributed by atoms with E-state index in [2.05, 4.69) is 10.2 Å². The fourth-order valence-electron chi connectivity index (χ4n) is 2.40. The van der Waals surface area contributed by atoms with Crippen LogP contribution in [-0.2, 0) is 23.1 Å². The van der Waals surface area contributed by atoms with Crippen molar-refractivity contribution in [3.8, 4) is 0 Å². The van der Waals surface area contributed by atoms with E-state index in [0.717, 1.165) is 16.4 Å². The topological polar surface area (TPSA) is 69.7 Å². The molecule has 140 valence electrons. The third kappa shape index (κ3) is 5.14. The molecule has 2 aromatic rings. The minimum absolute atomic E-state index is 0.163. The number of sulfonamides is 1. The lowest BCUT2D eigenvalue weighted by Crippen LogP contribution is -2.24. The summed E-state index contributed by atoms with van der Waals surface area (Å²) in [5.74, 6) is -0.240. The van der Waals surface area contributed by atoms with Crippen molar-refractivity contribution in [2.24, 2.45) is 0 Å². The summed E-state index contributed by atoms with van der Waals surface area (Å²) in [5.41, 5.74) is 2.64. The van der Waals surface area contributed by atoms with E-state index >= 15 is 0 Å². The van der Waals surface area contributed by atoms with Gasteiger partial charge >= 0.3 is 0 Å². The Kier molecular flexibility index (Phi) is 6.52. The predicted molar refractivity (Wildman–Crippen MR) is 102 cm³/mol. The van der Waals surface area contributed by atoms with Crippen LogP contribution in [0.2, 0.25) is 0 Å². The first kappa shape index (κ1) is 20.1. The summed E-state index contributed by atoms with van der Waals surface area (Å²) in [6, 6.07) is 14.0. The van der Waals surface area contributed by atoms with E-state index in [0.29, 0.717) is 12.1 Å². The molecule has 0 spiro atoms. The largest absolute Gasteiger partial charge is 0.348 e. The zero-order chi connectivity index (χ0) is 19.3. The van der Waals surface area contributed by atoms with E-state index in [-0.39, 0.29) is 10.8 Å². The highest BCUT2D eigenvalue weighted by Crippen LogP contribution is 2.14. The third-order valence-corrected chi connectivity index (χ3v) is 5.70. The number of benzene rings is 2. The molecule has 2 aromatic carbocycles. The Morgan fingerprint density at radius 2 is 1.42 bits per heavy atom. The lowest BCUT2D eigenvalue weighted by molar-refractivity contribution is 0.0951. The maximum atomic E-state index is 12.2. The number of rotatable bonds is 7. The smallest absolute Gasteiger partial charge is 0.251 e. The Labute approximate surface area is 155 Å². The lowest BCUT2D eigenvalue weighted by atomic mass is 10.1. The van der Waals surface area contributed by atoms with Crippen LogP contribution in [0.4, 0.5) is 0 Å². The van der Waals surface area contributed by atoms with Gasteiger partial charge in [0.05, 0.1) is 4.90 Å². The maximum Gasteiger partial charge on any atom is 0.251 e. The minimum atomic E-state index is -3.49. The molecule has 0 aliphatic rings. The van der Waals surface area contributed by atoms with Crippen LogP contribution in [0.25, 0.3) is 0 Å². The first-order valence-corrected chi connectivity index (χ1v) is 9.67. The first-order valence-electron chi connectivity index (χ1n) is 8.23. The number of carbonyl (C=O) groups excluding carboxylic acids is 1. The molecule has 7 heteroatoms. The van der Waals surface area contributed by atoms with E-state index in [1.54, 1.807) is 0 Å². The van der Waals surface area contributed by atoms with Crippen molar-refractivity contribution in [1.29, 1.82) is 0 Å². The average molecular weight is 375 g/mol. The highest BCUT2D eigenvalue weighted by atomic mass is 32.2. The molecule has 0 fully saturated rings. The molecular formula is C19H25N3O3S. The molecule has 0 saturated carbocycles. The molecule has 0 heterocycles. The van der Waals surface area contributed by atoms with Gasteiger partial charge in [-0.3, -0.25) is 4.79 Å². The van der Waals surface area contributed by atoms with Crippen molar-refractivity contribution in [2.75, 3.05) is 28.2 Å². The van der Waals surface area contributed by atoms with Crippen molar-refractivity contribution in [3.05, 3.63) is 65.2 Å². The number of carbonyl (C=O) groups is 1. The summed E-state index contributed by atoms with van der Waals surface area (Å²) in [6.07, 6.45) is 0. The Hall–Kier alpha value is -2.22. The molecule has 2 rings (SSSR count). The molecule has 1 amide bonds. The Morgan fingerprint density at radius 1 is 0.885 bits per heavy atom. The van der Waals surface area contributed by atoms with Crippen LogP contribution >= 0.6 is 0 Å². The molecule has 0 aliphatic heterocycles. The van der Waals surface area contributed by atoms with Gasteiger partial charge in [0.1, 0.15) is 0 Å². The van der Waals surface area contributed by atoms with Crippen LogP contribution < -0.4 is 5.32 Å². The molecule has 1 N–H and O–H groups in total. The molecule has 0 saturated heterocycles. The van der Waals surface area contributed by atoms with E-state index < -0.39 is 10.0 Å². The fourth-order valence-corrected chi connectivity index (χ4v) is 3.30. The third-order valence-electron chi connectivity index (χ3n) is 3.87. The van der Waals surface area contributed by atoms with E-state index in [1.807, 2.05) is 38.4 Å². The molecule has 6 nitrogen and oxygen atoms in total. The lowest BCUT2D eigenvalue weighted by Gasteiger charge is -2.12. The Bertz CT molecular complexity index is 843.